The molecule has 27 heavy (non-hydrogen) atoms. The minimum absolute atomic E-state index is 0.494. The van der Waals surface area contributed by atoms with Crippen LogP contribution in [-0.2, 0) is 0 Å². The van der Waals surface area contributed by atoms with E-state index in [2.05, 4.69) is 34.6 Å². The summed E-state index contributed by atoms with van der Waals surface area (Å²) in [5, 5.41) is 18.4. The van der Waals surface area contributed by atoms with Crippen molar-refractivity contribution in [1.29, 1.82) is 5.26 Å². The molecule has 3 nitrogen and oxygen atoms in total. The molecule has 0 atom stereocenters. The van der Waals surface area contributed by atoms with Gasteiger partial charge in [-0.3, -0.25) is 0 Å². The number of fused-ring (bicyclic) bond motifs is 1. The summed E-state index contributed by atoms with van der Waals surface area (Å²) in [6, 6.07) is 23.9. The monoisotopic (exact) mass is 387 g/mol. The van der Waals surface area contributed by atoms with Gasteiger partial charge in [0.1, 0.15) is 16.6 Å². The summed E-state index contributed by atoms with van der Waals surface area (Å²) in [7, 11) is 0. The van der Waals surface area contributed by atoms with Gasteiger partial charge in [0, 0.05) is 33.2 Å². The minimum atomic E-state index is 0.494. The highest BCUT2D eigenvalue weighted by Gasteiger charge is 2.09. The maximum Gasteiger partial charge on any atom is 0.136 e. The van der Waals surface area contributed by atoms with E-state index in [4.69, 9.17) is 11.6 Å². The summed E-state index contributed by atoms with van der Waals surface area (Å²) in [5.41, 5.74) is 3.25. The molecule has 0 amide bonds. The SMILES string of the molecule is N#C/C(=C\Nc1cccc2ccccc12)c1nc(-c2ccc(Cl)cc2)cs1. The Morgan fingerprint density at radius 2 is 1.81 bits per heavy atom. The molecule has 0 aliphatic carbocycles. The first-order chi connectivity index (χ1) is 13.2. The molecule has 0 fully saturated rings. The number of rotatable bonds is 4. The van der Waals surface area contributed by atoms with Crippen molar-refractivity contribution in [3.05, 3.63) is 88.3 Å². The predicted molar refractivity (Wildman–Crippen MR) is 114 cm³/mol. The van der Waals surface area contributed by atoms with Crippen LogP contribution in [0.3, 0.4) is 0 Å². The van der Waals surface area contributed by atoms with Crippen LogP contribution in [0, 0.1) is 11.3 Å². The van der Waals surface area contributed by atoms with Gasteiger partial charge >= 0.3 is 0 Å². The van der Waals surface area contributed by atoms with Crippen LogP contribution < -0.4 is 5.32 Å². The molecular weight excluding hydrogens is 374 g/mol. The summed E-state index contributed by atoms with van der Waals surface area (Å²) in [6.45, 7) is 0. The summed E-state index contributed by atoms with van der Waals surface area (Å²) in [4.78, 5) is 4.60. The molecule has 4 rings (SSSR count). The first kappa shape index (κ1) is 17.3. The van der Waals surface area contributed by atoms with Crippen molar-refractivity contribution in [2.75, 3.05) is 5.32 Å². The van der Waals surface area contributed by atoms with Crippen molar-refractivity contribution in [2.24, 2.45) is 0 Å². The van der Waals surface area contributed by atoms with Gasteiger partial charge in [-0.2, -0.15) is 5.26 Å². The van der Waals surface area contributed by atoms with Crippen LogP contribution in [0.4, 0.5) is 5.69 Å². The lowest BCUT2D eigenvalue weighted by molar-refractivity contribution is 1.36. The number of thiazole rings is 1. The smallest absolute Gasteiger partial charge is 0.136 e. The first-order valence-corrected chi connectivity index (χ1v) is 9.57. The Morgan fingerprint density at radius 1 is 1.04 bits per heavy atom. The summed E-state index contributed by atoms with van der Waals surface area (Å²) >= 11 is 7.39. The van der Waals surface area contributed by atoms with Crippen molar-refractivity contribution in [3.63, 3.8) is 0 Å². The predicted octanol–water partition coefficient (Wildman–Crippen LogP) is 6.59. The van der Waals surface area contributed by atoms with E-state index in [1.54, 1.807) is 6.20 Å². The fourth-order valence-corrected chi connectivity index (χ4v) is 3.71. The maximum absolute atomic E-state index is 9.58. The molecule has 1 N–H and O–H groups in total. The molecule has 0 aliphatic rings. The van der Waals surface area contributed by atoms with Crippen LogP contribution in [0.25, 0.3) is 27.6 Å². The average Bonchev–Trinajstić information content (AvgIpc) is 3.19. The number of nitrogens with zero attached hydrogens (tertiary/aromatic N) is 2. The van der Waals surface area contributed by atoms with Gasteiger partial charge in [-0.25, -0.2) is 4.98 Å². The molecule has 0 unspecified atom stereocenters. The molecule has 5 heteroatoms. The second kappa shape index (κ2) is 7.63. The molecule has 3 aromatic carbocycles. The molecule has 1 aromatic heterocycles. The van der Waals surface area contributed by atoms with E-state index in [0.29, 0.717) is 15.6 Å². The molecule has 0 radical (unpaired) electrons. The molecule has 0 aliphatic heterocycles. The number of nitriles is 1. The molecule has 4 aromatic rings. The zero-order chi connectivity index (χ0) is 18.6. The van der Waals surface area contributed by atoms with Crippen LogP contribution >= 0.6 is 22.9 Å². The molecule has 1 heterocycles. The Labute approximate surface area is 166 Å². The lowest BCUT2D eigenvalue weighted by atomic mass is 10.1. The maximum atomic E-state index is 9.58. The van der Waals surface area contributed by atoms with E-state index >= 15 is 0 Å². The third-order valence-corrected chi connectivity index (χ3v) is 5.28. The zero-order valence-electron chi connectivity index (χ0n) is 14.2. The Kier molecular flexibility index (Phi) is 4.88. The Balaban J connectivity index is 1.62. The normalized spacial score (nSPS) is 11.3. The topological polar surface area (TPSA) is 48.7 Å². The Morgan fingerprint density at radius 3 is 2.63 bits per heavy atom. The van der Waals surface area contributed by atoms with Gasteiger partial charge in [0.15, 0.2) is 0 Å². The third-order valence-electron chi connectivity index (χ3n) is 4.16. The molecule has 0 spiro atoms. The van der Waals surface area contributed by atoms with E-state index in [-0.39, 0.29) is 0 Å². The highest BCUT2D eigenvalue weighted by atomic mass is 35.5. The van der Waals surface area contributed by atoms with Gasteiger partial charge in [-0.15, -0.1) is 11.3 Å². The van der Waals surface area contributed by atoms with E-state index in [0.717, 1.165) is 27.7 Å². The van der Waals surface area contributed by atoms with Crippen LogP contribution in [0.1, 0.15) is 5.01 Å². The number of anilines is 1. The van der Waals surface area contributed by atoms with E-state index < -0.39 is 0 Å². The van der Waals surface area contributed by atoms with Gasteiger partial charge in [-0.05, 0) is 23.6 Å². The Bertz CT molecular complexity index is 1160. The second-order valence-corrected chi connectivity index (χ2v) is 7.18. The lowest BCUT2D eigenvalue weighted by Crippen LogP contribution is -1.92. The Hall–Kier alpha value is -3.13. The fourth-order valence-electron chi connectivity index (χ4n) is 2.79. The number of hydrogen-bond acceptors (Lipinski definition) is 4. The fraction of sp³-hybridized carbons (Fsp3) is 0. The standard InChI is InChI=1S/C22H14ClN3S/c23-18-10-8-16(9-11-18)21-14-27-22(26-21)17(12-24)13-25-20-7-3-5-15-4-1-2-6-19(15)20/h1-11,13-14,25H/b17-13+. The zero-order valence-corrected chi connectivity index (χ0v) is 15.8. The number of halogens is 1. The van der Waals surface area contributed by atoms with Gasteiger partial charge < -0.3 is 5.32 Å². The number of benzene rings is 3. The quantitative estimate of drug-likeness (QED) is 0.401. The number of nitrogens with one attached hydrogen (secondary N) is 1. The minimum Gasteiger partial charge on any atom is -0.360 e. The molecular formula is C22H14ClN3S. The summed E-state index contributed by atoms with van der Waals surface area (Å²) < 4.78 is 0. The van der Waals surface area contributed by atoms with Crippen molar-refractivity contribution in [2.45, 2.75) is 0 Å². The highest BCUT2D eigenvalue weighted by Crippen LogP contribution is 2.28. The van der Waals surface area contributed by atoms with Crippen LogP contribution in [-0.4, -0.2) is 4.98 Å². The first-order valence-electron chi connectivity index (χ1n) is 8.31. The number of aromatic nitrogens is 1. The van der Waals surface area contributed by atoms with Crippen molar-refractivity contribution in [1.82, 2.24) is 4.98 Å². The highest BCUT2D eigenvalue weighted by molar-refractivity contribution is 7.11. The average molecular weight is 388 g/mol. The number of allylic oxidation sites excluding steroid dienone is 1. The van der Waals surface area contributed by atoms with Gasteiger partial charge in [0.25, 0.3) is 0 Å². The van der Waals surface area contributed by atoms with Crippen molar-refractivity contribution >= 4 is 45.0 Å². The van der Waals surface area contributed by atoms with E-state index in [9.17, 15) is 5.26 Å². The van der Waals surface area contributed by atoms with Crippen molar-refractivity contribution < 1.29 is 0 Å². The van der Waals surface area contributed by atoms with E-state index in [1.165, 1.54) is 11.3 Å². The molecule has 130 valence electrons. The van der Waals surface area contributed by atoms with E-state index in [1.807, 2.05) is 53.9 Å². The second-order valence-electron chi connectivity index (χ2n) is 5.89. The van der Waals surface area contributed by atoms with Gasteiger partial charge in [-0.1, -0.05) is 60.1 Å². The summed E-state index contributed by atoms with van der Waals surface area (Å²) in [6.07, 6.45) is 1.71. The largest absolute Gasteiger partial charge is 0.360 e. The van der Waals surface area contributed by atoms with Crippen LogP contribution in [0.15, 0.2) is 78.3 Å². The molecule has 0 saturated carbocycles. The summed E-state index contributed by atoms with van der Waals surface area (Å²) in [5.74, 6) is 0. The van der Waals surface area contributed by atoms with Gasteiger partial charge in [0.05, 0.1) is 5.69 Å². The molecule has 0 saturated heterocycles. The van der Waals surface area contributed by atoms with Crippen LogP contribution in [0.5, 0.6) is 0 Å². The lowest BCUT2D eigenvalue weighted by Gasteiger charge is -2.06. The van der Waals surface area contributed by atoms with Crippen LogP contribution in [0.2, 0.25) is 5.02 Å². The van der Waals surface area contributed by atoms with Crippen molar-refractivity contribution in [3.8, 4) is 17.3 Å². The van der Waals surface area contributed by atoms with Gasteiger partial charge in [0.2, 0.25) is 0 Å². The molecule has 0 bridgehead atoms. The third kappa shape index (κ3) is 3.70. The number of hydrogen-bond donors (Lipinski definition) is 1.